The fourth-order valence-corrected chi connectivity index (χ4v) is 1.52. The maximum absolute atomic E-state index is 11.8. The average Bonchev–Trinajstić information content (AvgIpc) is 2.59. The third kappa shape index (κ3) is 7.17. The van der Waals surface area contributed by atoms with Gasteiger partial charge in [-0.1, -0.05) is 17.9 Å². The molecule has 0 radical (unpaired) electrons. The second-order valence-corrected chi connectivity index (χ2v) is 3.81. The van der Waals surface area contributed by atoms with Crippen LogP contribution in [0.2, 0.25) is 0 Å². The number of hydrogen-bond acceptors (Lipinski definition) is 6. The Morgan fingerprint density at radius 2 is 1.88 bits per heavy atom. The van der Waals surface area contributed by atoms with E-state index in [4.69, 9.17) is 8.13 Å². The maximum atomic E-state index is 11.8. The predicted octanol–water partition coefficient (Wildman–Crippen LogP) is 1.65. The number of hydrazone groups is 1. The molecule has 7 nitrogen and oxygen atoms in total. The normalized spacial score (nSPS) is 8.88. The molecule has 24 heavy (non-hydrogen) atoms. The van der Waals surface area contributed by atoms with E-state index in [0.717, 1.165) is 0 Å². The Labute approximate surface area is 162 Å². The monoisotopic (exact) mass is 456 g/mol. The van der Waals surface area contributed by atoms with Crippen LogP contribution in [0.25, 0.3) is 0 Å². The topological polar surface area (TPSA) is 104 Å². The van der Waals surface area contributed by atoms with Crippen molar-refractivity contribution >= 4 is 36.9 Å². The van der Waals surface area contributed by atoms with Gasteiger partial charge in [0.2, 0.25) is 0 Å². The molecule has 0 aliphatic rings. The van der Waals surface area contributed by atoms with E-state index in [0.29, 0.717) is 30.9 Å². The molecular formula is C14H14Cl2MoN3O4-. The van der Waals surface area contributed by atoms with Crippen molar-refractivity contribution in [3.63, 3.8) is 0 Å². The van der Waals surface area contributed by atoms with Crippen molar-refractivity contribution in [2.45, 2.75) is 0 Å². The minimum atomic E-state index is -0.376. The number of amides is 1. The van der Waals surface area contributed by atoms with Crippen LogP contribution in [-0.2, 0) is 23.2 Å². The van der Waals surface area contributed by atoms with Crippen molar-refractivity contribution in [3.8, 4) is 11.5 Å². The van der Waals surface area contributed by atoms with Gasteiger partial charge in [0.25, 0.3) is 5.91 Å². The molecule has 1 aromatic carbocycles. The van der Waals surface area contributed by atoms with Gasteiger partial charge < -0.3 is 9.84 Å². The first kappa shape index (κ1) is 24.4. The Hall–Kier alpha value is -1.82. The SMILES string of the molecule is COc1cccc(/C=N/NC(=O)c2ccncc2)c1[O-].Cl.Cl.[O]=[Mo]. The number of rotatable bonds is 4. The molecule has 0 spiro atoms. The summed E-state index contributed by atoms with van der Waals surface area (Å²) in [6, 6.07) is 7.96. The first-order chi connectivity index (χ1) is 10.7. The molecule has 1 heterocycles. The molecule has 1 N–H and O–H groups in total. The van der Waals surface area contributed by atoms with Crippen molar-refractivity contribution in [2.24, 2.45) is 5.10 Å². The number of carbonyl (C=O) groups excluding carboxylic acids is 1. The predicted molar refractivity (Wildman–Crippen MR) is 86.9 cm³/mol. The fraction of sp³-hybridized carbons (Fsp3) is 0.0714. The van der Waals surface area contributed by atoms with E-state index in [1.54, 1.807) is 30.3 Å². The zero-order chi connectivity index (χ0) is 16.4. The number of aromatic nitrogens is 1. The fourth-order valence-electron chi connectivity index (χ4n) is 1.52. The summed E-state index contributed by atoms with van der Waals surface area (Å²) >= 11 is 0.700. The van der Waals surface area contributed by atoms with E-state index in [1.165, 1.54) is 25.7 Å². The molecule has 0 aliphatic heterocycles. The van der Waals surface area contributed by atoms with Gasteiger partial charge >= 0.3 is 23.2 Å². The number of hydrogen-bond donors (Lipinski definition) is 1. The molecule has 0 saturated heterocycles. The van der Waals surface area contributed by atoms with Crippen LogP contribution in [0.15, 0.2) is 47.8 Å². The van der Waals surface area contributed by atoms with E-state index in [2.05, 4.69) is 15.5 Å². The minimum absolute atomic E-state index is 0. The van der Waals surface area contributed by atoms with Crippen LogP contribution in [0, 0.1) is 0 Å². The molecule has 0 aliphatic carbocycles. The number of methoxy groups -OCH3 is 1. The van der Waals surface area contributed by atoms with Gasteiger partial charge in [0, 0.05) is 18.0 Å². The number of nitrogens with zero attached hydrogens (tertiary/aromatic N) is 2. The van der Waals surface area contributed by atoms with Crippen LogP contribution in [0.3, 0.4) is 0 Å². The summed E-state index contributed by atoms with van der Waals surface area (Å²) in [5.74, 6) is -0.426. The van der Waals surface area contributed by atoms with Gasteiger partial charge in [-0.3, -0.25) is 9.78 Å². The molecule has 1 amide bonds. The quantitative estimate of drug-likeness (QED) is 0.429. The van der Waals surface area contributed by atoms with Crippen LogP contribution in [0.5, 0.6) is 11.5 Å². The summed E-state index contributed by atoms with van der Waals surface area (Å²) in [5, 5.41) is 15.6. The Morgan fingerprint density at radius 3 is 2.46 bits per heavy atom. The molecule has 130 valence electrons. The molecule has 0 fully saturated rings. The van der Waals surface area contributed by atoms with Crippen LogP contribution >= 0.6 is 24.8 Å². The molecule has 0 bridgehead atoms. The molecule has 2 rings (SSSR count). The summed E-state index contributed by atoms with van der Waals surface area (Å²) in [5.41, 5.74) is 3.10. The van der Waals surface area contributed by atoms with Crippen LogP contribution in [0.1, 0.15) is 15.9 Å². The second kappa shape index (κ2) is 13.6. The van der Waals surface area contributed by atoms with Crippen molar-refractivity contribution in [3.05, 3.63) is 53.9 Å². The van der Waals surface area contributed by atoms with E-state index >= 15 is 0 Å². The first-order valence-electron chi connectivity index (χ1n) is 5.96. The van der Waals surface area contributed by atoms with Crippen LogP contribution in [-0.4, -0.2) is 24.2 Å². The molecule has 1 aromatic heterocycles. The van der Waals surface area contributed by atoms with Crippen molar-refractivity contribution in [1.29, 1.82) is 0 Å². The molecule has 0 saturated carbocycles. The van der Waals surface area contributed by atoms with Crippen molar-refractivity contribution in [1.82, 2.24) is 10.4 Å². The molecule has 10 heteroatoms. The van der Waals surface area contributed by atoms with Gasteiger partial charge in [-0.05, 0) is 23.8 Å². The number of para-hydroxylation sites is 1. The van der Waals surface area contributed by atoms with Crippen molar-refractivity contribution < 1.29 is 37.8 Å². The number of nitrogens with one attached hydrogen (secondary N) is 1. The standard InChI is InChI=1S/C14H13N3O3.2ClH.Mo.O/c1-20-12-4-2-3-11(13(12)18)9-16-17-14(19)10-5-7-15-8-6-10;;;;/h2-9,18H,1H3,(H,17,19);2*1H;;/p-1/b16-9+;;;;. The van der Waals surface area contributed by atoms with Gasteiger partial charge in [-0.2, -0.15) is 5.10 Å². The van der Waals surface area contributed by atoms with Gasteiger partial charge in [-0.25, -0.2) is 5.43 Å². The zero-order valence-corrected chi connectivity index (χ0v) is 16.0. The van der Waals surface area contributed by atoms with Crippen LogP contribution in [0.4, 0.5) is 0 Å². The summed E-state index contributed by atoms with van der Waals surface area (Å²) in [4.78, 5) is 15.5. The zero-order valence-electron chi connectivity index (χ0n) is 12.4. The Bertz CT molecular complexity index is 660. The third-order valence-electron chi connectivity index (χ3n) is 2.54. The summed E-state index contributed by atoms with van der Waals surface area (Å²) < 4.78 is 13.2. The number of ether oxygens (including phenoxy) is 1. The second-order valence-electron chi connectivity index (χ2n) is 3.81. The van der Waals surface area contributed by atoms with Gasteiger partial charge in [0.15, 0.2) is 0 Å². The summed E-state index contributed by atoms with van der Waals surface area (Å²) in [7, 11) is 1.42. The molecule has 0 atom stereocenters. The number of carbonyl (C=O) groups is 1. The Morgan fingerprint density at radius 1 is 1.25 bits per heavy atom. The number of pyridine rings is 1. The van der Waals surface area contributed by atoms with Crippen molar-refractivity contribution in [2.75, 3.05) is 7.11 Å². The van der Waals surface area contributed by atoms with Crippen LogP contribution < -0.4 is 15.3 Å². The first-order valence-corrected chi connectivity index (χ1v) is 6.78. The molecule has 2 aromatic rings. The molecular weight excluding hydrogens is 441 g/mol. The van der Waals surface area contributed by atoms with E-state index in [9.17, 15) is 9.90 Å². The third-order valence-corrected chi connectivity index (χ3v) is 2.54. The number of halogens is 2. The number of benzene rings is 1. The summed E-state index contributed by atoms with van der Waals surface area (Å²) in [6.45, 7) is 0. The van der Waals surface area contributed by atoms with Gasteiger partial charge in [-0.15, -0.1) is 24.8 Å². The van der Waals surface area contributed by atoms with E-state index in [1.807, 2.05) is 0 Å². The summed E-state index contributed by atoms with van der Waals surface area (Å²) in [6.07, 6.45) is 4.30. The van der Waals surface area contributed by atoms with Gasteiger partial charge in [0.1, 0.15) is 5.75 Å². The van der Waals surface area contributed by atoms with Gasteiger partial charge in [0.05, 0.1) is 13.3 Å². The van der Waals surface area contributed by atoms with E-state index in [-0.39, 0.29) is 42.2 Å². The Balaban J connectivity index is 0. The Kier molecular flexibility index (Phi) is 13.8. The molecule has 0 unspecified atom stereocenters. The average molecular weight is 455 g/mol. The van der Waals surface area contributed by atoms with E-state index < -0.39 is 0 Å².